The number of fused-ring (bicyclic) bond motifs is 6. The second-order valence-corrected chi connectivity index (χ2v) is 7.92. The van der Waals surface area contributed by atoms with Gasteiger partial charge in [-0.25, -0.2) is 0 Å². The summed E-state index contributed by atoms with van der Waals surface area (Å²) in [5.41, 5.74) is 5.65. The maximum absolute atomic E-state index is 2.45. The lowest BCUT2D eigenvalue weighted by molar-refractivity contribution is 0.474. The molecule has 0 aliphatic rings. The van der Waals surface area contributed by atoms with E-state index in [4.69, 9.17) is 0 Å². The van der Waals surface area contributed by atoms with Crippen LogP contribution in [0.25, 0.3) is 38.1 Å². The molecule has 0 fully saturated rings. The summed E-state index contributed by atoms with van der Waals surface area (Å²) in [5, 5.41) is 5.51. The van der Waals surface area contributed by atoms with Crippen LogP contribution < -0.4 is 0 Å². The van der Waals surface area contributed by atoms with Crippen molar-refractivity contribution in [1.29, 1.82) is 0 Å². The summed E-state index contributed by atoms with van der Waals surface area (Å²) in [6, 6.07) is 22.5. The number of nitrogens with zero attached hydrogens (tertiary/aromatic N) is 1. The fraction of sp³-hybridized carbons (Fsp3) is 0.250. The maximum Gasteiger partial charge on any atom is 0.0620 e. The molecule has 0 atom stereocenters. The molecule has 1 nitrogen and oxygen atoms in total. The molecule has 0 radical (unpaired) electrons. The predicted octanol–water partition coefficient (Wildman–Crippen LogP) is 6.91. The Morgan fingerprint density at radius 3 is 1.80 bits per heavy atom. The molecular weight excluding hydrogens is 302 g/mol. The Morgan fingerprint density at radius 2 is 1.28 bits per heavy atom. The largest absolute Gasteiger partial charge is 0.308 e. The van der Waals surface area contributed by atoms with Gasteiger partial charge in [0.05, 0.1) is 16.6 Å². The van der Waals surface area contributed by atoms with E-state index in [1.165, 1.54) is 56.5 Å². The van der Waals surface area contributed by atoms with Gasteiger partial charge in [-0.15, -0.1) is 0 Å². The zero-order valence-corrected chi connectivity index (χ0v) is 15.1. The van der Waals surface area contributed by atoms with Crippen LogP contribution in [0.4, 0.5) is 0 Å². The summed E-state index contributed by atoms with van der Waals surface area (Å²) in [4.78, 5) is 0. The van der Waals surface area contributed by atoms with Gasteiger partial charge in [0.2, 0.25) is 0 Å². The summed E-state index contributed by atoms with van der Waals surface area (Å²) in [6.45, 7) is 7.04. The van der Waals surface area contributed by atoms with Gasteiger partial charge >= 0.3 is 0 Å². The first-order valence-electron chi connectivity index (χ1n) is 9.29. The third-order valence-corrected chi connectivity index (χ3v) is 5.86. The number of benzene rings is 3. The first-order chi connectivity index (χ1) is 12.1. The van der Waals surface area contributed by atoms with Crippen LogP contribution in [0, 0.1) is 0 Å². The highest BCUT2D eigenvalue weighted by molar-refractivity contribution is 6.23. The Morgan fingerprint density at radius 1 is 0.760 bits per heavy atom. The van der Waals surface area contributed by atoms with Crippen LogP contribution in [0.5, 0.6) is 0 Å². The van der Waals surface area contributed by atoms with Gasteiger partial charge in [-0.05, 0) is 41.7 Å². The SMILES string of the molecule is CCCC(C)(C)c1cc2c3ccccc3n3c4ccccc4c(c1)c23. The van der Waals surface area contributed by atoms with E-state index in [0.717, 1.165) is 0 Å². The van der Waals surface area contributed by atoms with Gasteiger partial charge in [0.25, 0.3) is 0 Å². The summed E-state index contributed by atoms with van der Waals surface area (Å²) >= 11 is 0. The zero-order valence-electron chi connectivity index (χ0n) is 15.1. The van der Waals surface area contributed by atoms with Crippen molar-refractivity contribution in [2.24, 2.45) is 0 Å². The minimum Gasteiger partial charge on any atom is -0.308 e. The fourth-order valence-electron chi connectivity index (χ4n) is 4.61. The normalized spacial score (nSPS) is 12.9. The van der Waals surface area contributed by atoms with Crippen LogP contribution in [0.1, 0.15) is 39.2 Å². The van der Waals surface area contributed by atoms with Gasteiger partial charge in [0.15, 0.2) is 0 Å². The van der Waals surface area contributed by atoms with E-state index in [0.29, 0.717) is 0 Å². The second kappa shape index (κ2) is 4.98. The van der Waals surface area contributed by atoms with Crippen molar-refractivity contribution in [2.75, 3.05) is 0 Å². The van der Waals surface area contributed by atoms with E-state index in [1.54, 1.807) is 0 Å². The highest BCUT2D eigenvalue weighted by atomic mass is 14.9. The highest BCUT2D eigenvalue weighted by Crippen LogP contribution is 2.42. The molecule has 25 heavy (non-hydrogen) atoms. The standard InChI is InChI=1S/C24H23N/c1-4-13-24(2,3)16-14-19-17-9-5-7-11-21(17)25-22-12-8-6-10-18(22)20(15-16)23(19)25/h5-12,14-15H,4,13H2,1-3H3. The van der Waals surface area contributed by atoms with Crippen molar-refractivity contribution in [3.05, 3.63) is 66.2 Å². The first kappa shape index (κ1) is 14.8. The number of hydrogen-bond donors (Lipinski definition) is 0. The first-order valence-corrected chi connectivity index (χ1v) is 9.29. The van der Waals surface area contributed by atoms with Gasteiger partial charge in [-0.3, -0.25) is 0 Å². The Labute approximate surface area is 148 Å². The average Bonchev–Trinajstić information content (AvgIpc) is 3.13. The van der Waals surface area contributed by atoms with Gasteiger partial charge in [-0.2, -0.15) is 0 Å². The van der Waals surface area contributed by atoms with E-state index >= 15 is 0 Å². The third-order valence-electron chi connectivity index (χ3n) is 5.86. The maximum atomic E-state index is 2.45. The third kappa shape index (κ3) is 1.90. The minimum atomic E-state index is 0.195. The van der Waals surface area contributed by atoms with Gasteiger partial charge in [0, 0.05) is 21.5 Å². The smallest absolute Gasteiger partial charge is 0.0620 e. The van der Waals surface area contributed by atoms with Crippen molar-refractivity contribution in [1.82, 2.24) is 4.40 Å². The van der Waals surface area contributed by atoms with Crippen LogP contribution in [0.2, 0.25) is 0 Å². The molecule has 5 rings (SSSR count). The lowest BCUT2D eigenvalue weighted by atomic mass is 9.79. The van der Waals surface area contributed by atoms with E-state index in [-0.39, 0.29) is 5.41 Å². The molecule has 0 aliphatic heterocycles. The van der Waals surface area contributed by atoms with E-state index < -0.39 is 0 Å². The summed E-state index contributed by atoms with van der Waals surface area (Å²) in [7, 11) is 0. The molecule has 0 spiro atoms. The molecule has 0 saturated heterocycles. The lowest BCUT2D eigenvalue weighted by Gasteiger charge is -2.25. The molecule has 0 unspecified atom stereocenters. The van der Waals surface area contributed by atoms with Crippen molar-refractivity contribution >= 4 is 38.1 Å². The molecule has 0 amide bonds. The molecule has 3 aromatic carbocycles. The molecule has 5 aromatic rings. The van der Waals surface area contributed by atoms with E-state index in [9.17, 15) is 0 Å². The molecule has 0 bridgehead atoms. The minimum absolute atomic E-state index is 0.195. The quantitative estimate of drug-likeness (QED) is 0.339. The molecule has 0 aliphatic carbocycles. The fourth-order valence-corrected chi connectivity index (χ4v) is 4.61. The topological polar surface area (TPSA) is 4.41 Å². The van der Waals surface area contributed by atoms with Gasteiger partial charge < -0.3 is 4.40 Å². The van der Waals surface area contributed by atoms with E-state index in [2.05, 4.69) is 85.8 Å². The van der Waals surface area contributed by atoms with E-state index in [1.807, 2.05) is 0 Å². The van der Waals surface area contributed by atoms with Gasteiger partial charge in [-0.1, -0.05) is 63.6 Å². The molecule has 1 heteroatoms. The summed E-state index contributed by atoms with van der Waals surface area (Å²) < 4.78 is 2.45. The Bertz CT molecular complexity index is 1140. The number of aromatic nitrogens is 1. The van der Waals surface area contributed by atoms with Crippen molar-refractivity contribution in [2.45, 2.75) is 39.0 Å². The van der Waals surface area contributed by atoms with Crippen molar-refractivity contribution < 1.29 is 0 Å². The van der Waals surface area contributed by atoms with Crippen molar-refractivity contribution in [3.63, 3.8) is 0 Å². The highest BCUT2D eigenvalue weighted by Gasteiger charge is 2.24. The second-order valence-electron chi connectivity index (χ2n) is 7.92. The molecule has 0 N–H and O–H groups in total. The average molecular weight is 325 g/mol. The number of rotatable bonds is 3. The molecule has 2 aromatic heterocycles. The number of para-hydroxylation sites is 2. The van der Waals surface area contributed by atoms with Crippen LogP contribution >= 0.6 is 0 Å². The molecule has 124 valence electrons. The van der Waals surface area contributed by atoms with Crippen LogP contribution in [-0.2, 0) is 5.41 Å². The van der Waals surface area contributed by atoms with Gasteiger partial charge in [0.1, 0.15) is 0 Å². The van der Waals surface area contributed by atoms with Crippen LogP contribution in [0.15, 0.2) is 60.7 Å². The van der Waals surface area contributed by atoms with Crippen LogP contribution in [0.3, 0.4) is 0 Å². The molecule has 2 heterocycles. The monoisotopic (exact) mass is 325 g/mol. The summed E-state index contributed by atoms with van der Waals surface area (Å²) in [5.74, 6) is 0. The van der Waals surface area contributed by atoms with Crippen molar-refractivity contribution in [3.8, 4) is 0 Å². The Kier molecular flexibility index (Phi) is 2.94. The van der Waals surface area contributed by atoms with Crippen LogP contribution in [-0.4, -0.2) is 4.40 Å². The predicted molar refractivity (Wildman–Crippen MR) is 109 cm³/mol. The Hall–Kier alpha value is -2.54. The zero-order chi connectivity index (χ0) is 17.2. The number of hydrogen-bond acceptors (Lipinski definition) is 0. The molecule has 0 saturated carbocycles. The summed E-state index contributed by atoms with van der Waals surface area (Å²) in [6.07, 6.45) is 2.41. The molecular formula is C24H23N. The Balaban J connectivity index is 2.04. The lowest BCUT2D eigenvalue weighted by Crippen LogP contribution is -2.16.